The Hall–Kier alpha value is -2.47. The largest absolute Gasteiger partial charge is 0.479 e. The Balaban J connectivity index is 2.22. The van der Waals surface area contributed by atoms with Gasteiger partial charge in [-0.15, -0.1) is 0 Å². The van der Waals surface area contributed by atoms with Crippen LogP contribution in [0.1, 0.15) is 18.2 Å². The summed E-state index contributed by atoms with van der Waals surface area (Å²) < 4.78 is 22.5. The zero-order valence-corrected chi connectivity index (χ0v) is 14.7. The average molecular weight is 405 g/mol. The van der Waals surface area contributed by atoms with Crippen molar-refractivity contribution in [3.63, 3.8) is 0 Å². The van der Waals surface area contributed by atoms with Crippen molar-refractivity contribution >= 4 is 13.6 Å². The van der Waals surface area contributed by atoms with E-state index in [1.807, 2.05) is 0 Å². The molecule has 2 rings (SSSR count). The van der Waals surface area contributed by atoms with E-state index in [9.17, 15) is 18.9 Å². The van der Waals surface area contributed by atoms with Gasteiger partial charge in [-0.1, -0.05) is 5.11 Å². The van der Waals surface area contributed by atoms with Crippen LogP contribution >= 0.6 is 7.60 Å². The Morgan fingerprint density at radius 1 is 1.59 bits per heavy atom. The second-order valence-corrected chi connectivity index (χ2v) is 7.38. The molecule has 1 aliphatic rings. The third kappa shape index (κ3) is 4.83. The zero-order chi connectivity index (χ0) is 20.4. The minimum atomic E-state index is -5.09. The van der Waals surface area contributed by atoms with Crippen molar-refractivity contribution < 1.29 is 33.7 Å². The minimum absolute atomic E-state index is 0.00285. The maximum absolute atomic E-state index is 11.9. The highest BCUT2D eigenvalue weighted by Crippen LogP contribution is 2.42. The summed E-state index contributed by atoms with van der Waals surface area (Å²) >= 11 is 0. The summed E-state index contributed by atoms with van der Waals surface area (Å²) in [5.74, 6) is -4.28. The maximum atomic E-state index is 11.9. The van der Waals surface area contributed by atoms with Gasteiger partial charge in [0, 0.05) is 23.1 Å². The van der Waals surface area contributed by atoms with Gasteiger partial charge in [0.2, 0.25) is 0 Å². The Labute approximate surface area is 150 Å². The molecule has 14 nitrogen and oxygen atoms in total. The Morgan fingerprint density at radius 2 is 2.26 bits per heavy atom. The Morgan fingerprint density at radius 3 is 2.81 bits per heavy atom. The van der Waals surface area contributed by atoms with Crippen molar-refractivity contribution in [2.75, 3.05) is 6.61 Å². The number of nitrogens with one attached hydrogen (secondary N) is 1. The maximum Gasteiger partial charge on any atom is 0.365 e. The number of carboxylic acid groups (broad SMARTS) is 1. The minimum Gasteiger partial charge on any atom is -0.479 e. The smallest absolute Gasteiger partial charge is 0.365 e. The molecule has 0 radical (unpaired) electrons. The fourth-order valence-corrected chi connectivity index (χ4v) is 3.09. The van der Waals surface area contributed by atoms with Crippen LogP contribution in [0.15, 0.2) is 20.9 Å². The van der Waals surface area contributed by atoms with Gasteiger partial charge in [-0.05, 0) is 12.5 Å². The van der Waals surface area contributed by atoms with E-state index < -0.39 is 55.6 Å². The standard InChI is InChI=1S/C12H16N5O9P/c1-5-3-17(12(21)14-9(5)18)8-2-6(15-16-13)7(26-8)4-25-11(10(19)20)27(22,23)24/h3,6-8,11H,2,4H2,1H3,(H,19,20)(H,14,18,21)(H2,22,23,24)/t6-,7+,8+,11?/m0/s1. The van der Waals surface area contributed by atoms with E-state index >= 15 is 0 Å². The van der Waals surface area contributed by atoms with Crippen LogP contribution in [0.5, 0.6) is 0 Å². The van der Waals surface area contributed by atoms with Crippen LogP contribution in [0.2, 0.25) is 0 Å². The molecule has 15 heteroatoms. The van der Waals surface area contributed by atoms with Gasteiger partial charge in [-0.25, -0.2) is 9.59 Å². The van der Waals surface area contributed by atoms with Crippen LogP contribution in [-0.4, -0.2) is 55.0 Å². The van der Waals surface area contributed by atoms with Gasteiger partial charge in [-0.2, -0.15) is 0 Å². The van der Waals surface area contributed by atoms with E-state index in [2.05, 4.69) is 15.0 Å². The first-order chi connectivity index (χ1) is 12.5. The van der Waals surface area contributed by atoms with Crippen molar-refractivity contribution in [1.82, 2.24) is 9.55 Å². The van der Waals surface area contributed by atoms with Gasteiger partial charge in [0.05, 0.1) is 18.8 Å². The number of aromatic nitrogens is 2. The summed E-state index contributed by atoms with van der Waals surface area (Å²) in [4.78, 5) is 57.1. The normalized spacial score (nSPS) is 23.6. The molecule has 4 atom stereocenters. The molecule has 1 aromatic rings. The molecule has 0 spiro atoms. The second kappa shape index (κ2) is 8.05. The number of ether oxygens (including phenoxy) is 2. The lowest BCUT2D eigenvalue weighted by Crippen LogP contribution is -2.34. The topological polar surface area (TPSA) is 217 Å². The number of aliphatic carboxylic acids is 1. The lowest BCUT2D eigenvalue weighted by Gasteiger charge is -2.20. The monoisotopic (exact) mass is 405 g/mol. The van der Waals surface area contributed by atoms with Gasteiger partial charge >= 0.3 is 19.3 Å². The number of hydrogen-bond donors (Lipinski definition) is 4. The SMILES string of the molecule is Cc1cn([C@H]2C[C@H](N=[N+]=[N-])[C@@H](COC(C(=O)O)P(=O)(O)O)O2)c(=O)[nH]c1=O. The first-order valence-electron chi connectivity index (χ1n) is 7.46. The third-order valence-corrected chi connectivity index (χ3v) is 4.78. The second-order valence-electron chi connectivity index (χ2n) is 5.73. The van der Waals surface area contributed by atoms with Crippen LogP contribution in [0, 0.1) is 6.92 Å². The van der Waals surface area contributed by atoms with Crippen LogP contribution in [0.4, 0.5) is 0 Å². The summed E-state index contributed by atoms with van der Waals surface area (Å²) in [6, 6.07) is -0.898. The number of carbonyl (C=O) groups is 1. The zero-order valence-electron chi connectivity index (χ0n) is 13.8. The van der Waals surface area contributed by atoms with Crippen LogP contribution in [0.3, 0.4) is 0 Å². The van der Waals surface area contributed by atoms with Crippen LogP contribution in [-0.2, 0) is 18.8 Å². The van der Waals surface area contributed by atoms with E-state index in [-0.39, 0.29) is 12.0 Å². The predicted molar refractivity (Wildman–Crippen MR) is 86.9 cm³/mol. The number of aryl methyl sites for hydroxylation is 1. The average Bonchev–Trinajstić information content (AvgIpc) is 2.92. The first-order valence-corrected chi connectivity index (χ1v) is 9.14. The van der Waals surface area contributed by atoms with Gasteiger partial charge in [0.15, 0.2) is 0 Å². The molecular weight excluding hydrogens is 389 g/mol. The fraction of sp³-hybridized carbons (Fsp3) is 0.583. The molecule has 148 valence electrons. The Bertz CT molecular complexity index is 930. The van der Waals surface area contributed by atoms with E-state index in [0.29, 0.717) is 0 Å². The van der Waals surface area contributed by atoms with Crippen molar-refractivity contribution in [3.05, 3.63) is 43.0 Å². The molecule has 0 saturated carbocycles. The molecule has 0 amide bonds. The van der Waals surface area contributed by atoms with E-state index in [0.717, 1.165) is 4.57 Å². The number of hydrogen-bond acceptors (Lipinski definition) is 7. The van der Waals surface area contributed by atoms with Crippen molar-refractivity contribution in [3.8, 4) is 0 Å². The first kappa shape index (κ1) is 20.8. The number of rotatable bonds is 7. The Kier molecular flexibility index (Phi) is 6.21. The molecule has 0 aliphatic carbocycles. The summed E-state index contributed by atoms with van der Waals surface area (Å²) in [6.45, 7) is 0.853. The quantitative estimate of drug-likeness (QED) is 0.197. The molecule has 2 heterocycles. The summed E-state index contributed by atoms with van der Waals surface area (Å²) in [7, 11) is -5.09. The summed E-state index contributed by atoms with van der Waals surface area (Å²) in [6.07, 6.45) is -0.788. The lowest BCUT2D eigenvalue weighted by atomic mass is 10.1. The molecule has 27 heavy (non-hydrogen) atoms. The number of nitrogens with zero attached hydrogens (tertiary/aromatic N) is 4. The molecule has 1 aromatic heterocycles. The molecule has 0 aromatic carbocycles. The van der Waals surface area contributed by atoms with E-state index in [1.54, 1.807) is 0 Å². The van der Waals surface area contributed by atoms with Crippen molar-refractivity contribution in [2.24, 2.45) is 5.11 Å². The highest BCUT2D eigenvalue weighted by atomic mass is 31.2. The third-order valence-electron chi connectivity index (χ3n) is 3.80. The van der Waals surface area contributed by atoms with Gasteiger partial charge < -0.3 is 24.4 Å². The van der Waals surface area contributed by atoms with E-state index in [1.165, 1.54) is 13.1 Å². The molecule has 1 fully saturated rings. The fourth-order valence-electron chi connectivity index (χ4n) is 2.52. The van der Waals surface area contributed by atoms with Gasteiger partial charge in [0.1, 0.15) is 6.23 Å². The highest BCUT2D eigenvalue weighted by Gasteiger charge is 2.41. The predicted octanol–water partition coefficient (Wildman–Crippen LogP) is -0.584. The molecule has 1 aliphatic heterocycles. The highest BCUT2D eigenvalue weighted by molar-refractivity contribution is 7.53. The van der Waals surface area contributed by atoms with Gasteiger partial charge in [0.25, 0.3) is 11.4 Å². The molecular formula is C12H16N5O9P. The number of H-pyrrole nitrogens is 1. The molecule has 0 bridgehead atoms. The van der Waals surface area contributed by atoms with Crippen molar-refractivity contribution in [1.29, 1.82) is 0 Å². The number of aromatic amines is 1. The number of azide groups is 1. The van der Waals surface area contributed by atoms with Crippen LogP contribution < -0.4 is 11.2 Å². The van der Waals surface area contributed by atoms with Crippen molar-refractivity contribution in [2.45, 2.75) is 37.6 Å². The molecule has 4 N–H and O–H groups in total. The number of carboxylic acids is 1. The molecule has 1 saturated heterocycles. The van der Waals surface area contributed by atoms with Crippen LogP contribution in [0.25, 0.3) is 10.4 Å². The summed E-state index contributed by atoms with van der Waals surface area (Å²) in [5.41, 5.74) is 7.54. The lowest BCUT2D eigenvalue weighted by molar-refractivity contribution is -0.148. The van der Waals surface area contributed by atoms with Gasteiger partial charge in [-0.3, -0.25) is 18.9 Å². The van der Waals surface area contributed by atoms with E-state index in [4.69, 9.17) is 29.9 Å². The summed E-state index contributed by atoms with van der Waals surface area (Å²) in [5, 5.41) is 12.3. The molecule has 1 unspecified atom stereocenters.